The van der Waals surface area contributed by atoms with Crippen LogP contribution < -0.4 is 0 Å². The molecule has 1 aromatic rings. The molecule has 6 heteroatoms. The fourth-order valence-corrected chi connectivity index (χ4v) is 0.917. The Kier molecular flexibility index (Phi) is 2.48. The molecule has 0 saturated carbocycles. The molecule has 0 unspecified atom stereocenters. The Bertz CT molecular complexity index is 260. The largest absolute Gasteiger partial charge is 0.358 e. The monoisotopic (exact) mass is 173 g/mol. The van der Waals surface area contributed by atoms with E-state index < -0.39 is 4.92 Å². The Labute approximate surface area is 68.4 Å². The maximum absolute atomic E-state index is 10.1. The van der Waals surface area contributed by atoms with Crippen LogP contribution >= 0.6 is 12.6 Å². The van der Waals surface area contributed by atoms with E-state index in [-0.39, 0.29) is 5.82 Å². The van der Waals surface area contributed by atoms with Crippen molar-refractivity contribution in [3.05, 3.63) is 21.9 Å². The zero-order valence-corrected chi connectivity index (χ0v) is 6.54. The van der Waals surface area contributed by atoms with E-state index in [2.05, 4.69) is 22.8 Å². The van der Waals surface area contributed by atoms with Crippen LogP contribution in [0.15, 0.2) is 6.07 Å². The lowest BCUT2D eigenvalue weighted by Gasteiger charge is -1.84. The van der Waals surface area contributed by atoms with Gasteiger partial charge in [0.25, 0.3) is 0 Å². The van der Waals surface area contributed by atoms with Crippen molar-refractivity contribution in [1.29, 1.82) is 0 Å². The van der Waals surface area contributed by atoms with Gasteiger partial charge in [-0.2, -0.15) is 12.6 Å². The fourth-order valence-electron chi connectivity index (χ4n) is 0.688. The van der Waals surface area contributed by atoms with Crippen LogP contribution in [0.2, 0.25) is 0 Å². The van der Waals surface area contributed by atoms with Crippen LogP contribution in [0.4, 0.5) is 5.82 Å². The third-order valence-corrected chi connectivity index (χ3v) is 1.41. The quantitative estimate of drug-likeness (QED) is 0.403. The minimum Gasteiger partial charge on any atom is -0.358 e. The van der Waals surface area contributed by atoms with Crippen molar-refractivity contribution in [3.63, 3.8) is 0 Å². The predicted molar refractivity (Wildman–Crippen MR) is 42.8 cm³/mol. The van der Waals surface area contributed by atoms with Gasteiger partial charge in [-0.25, -0.2) is 0 Å². The van der Waals surface area contributed by atoms with Gasteiger partial charge < -0.3 is 10.1 Å². The summed E-state index contributed by atoms with van der Waals surface area (Å²) in [6.07, 6.45) is 0.646. The van der Waals surface area contributed by atoms with Crippen molar-refractivity contribution in [2.24, 2.45) is 0 Å². The second-order valence-electron chi connectivity index (χ2n) is 1.98. The number of nitro groups is 1. The van der Waals surface area contributed by atoms with Crippen molar-refractivity contribution in [1.82, 2.24) is 10.2 Å². The van der Waals surface area contributed by atoms with Crippen molar-refractivity contribution < 1.29 is 4.92 Å². The van der Waals surface area contributed by atoms with Crippen LogP contribution in [0.25, 0.3) is 0 Å². The molecule has 0 bridgehead atoms. The normalized spacial score (nSPS) is 9.91. The zero-order valence-electron chi connectivity index (χ0n) is 5.65. The first kappa shape index (κ1) is 8.06. The van der Waals surface area contributed by atoms with Crippen LogP contribution in [0.3, 0.4) is 0 Å². The lowest BCUT2D eigenvalue weighted by Crippen LogP contribution is -1.86. The number of hydrogen-bond donors (Lipinski definition) is 2. The summed E-state index contributed by atoms with van der Waals surface area (Å²) in [5.41, 5.74) is 0.673. The molecule has 11 heavy (non-hydrogen) atoms. The highest BCUT2D eigenvalue weighted by atomic mass is 32.1. The Hall–Kier alpha value is -1.04. The molecule has 0 atom stereocenters. The highest BCUT2D eigenvalue weighted by Gasteiger charge is 2.07. The van der Waals surface area contributed by atoms with E-state index in [1.54, 1.807) is 0 Å². The number of nitrogens with zero attached hydrogens (tertiary/aromatic N) is 2. The Morgan fingerprint density at radius 2 is 2.55 bits per heavy atom. The lowest BCUT2D eigenvalue weighted by molar-refractivity contribution is -0.389. The number of aromatic amines is 1. The standard InChI is InChI=1S/C5H7N3O2S/c9-8(10)5-3-4(1-2-11)6-7-5/h3,11H,1-2H2,(H,6,7). The molecule has 0 aliphatic heterocycles. The number of aromatic nitrogens is 2. The fraction of sp³-hybridized carbons (Fsp3) is 0.400. The van der Waals surface area contributed by atoms with Crippen LogP contribution in [0.5, 0.6) is 0 Å². The van der Waals surface area contributed by atoms with Crippen molar-refractivity contribution in [2.45, 2.75) is 6.42 Å². The molecular weight excluding hydrogens is 166 g/mol. The molecule has 1 rings (SSSR count). The highest BCUT2D eigenvalue weighted by molar-refractivity contribution is 7.80. The number of thiol groups is 1. The average Bonchev–Trinajstić information content (AvgIpc) is 2.37. The highest BCUT2D eigenvalue weighted by Crippen LogP contribution is 2.08. The number of hydrogen-bond acceptors (Lipinski definition) is 4. The average molecular weight is 173 g/mol. The first-order valence-corrected chi connectivity index (χ1v) is 3.67. The summed E-state index contributed by atoms with van der Waals surface area (Å²) in [6, 6.07) is 1.41. The van der Waals surface area contributed by atoms with Gasteiger partial charge >= 0.3 is 5.82 Å². The Morgan fingerprint density at radius 3 is 3.00 bits per heavy atom. The summed E-state index contributed by atoms with van der Waals surface area (Å²) in [4.78, 5) is 9.63. The topological polar surface area (TPSA) is 71.8 Å². The van der Waals surface area contributed by atoms with Crippen molar-refractivity contribution in [3.8, 4) is 0 Å². The molecule has 0 aromatic carbocycles. The smallest absolute Gasteiger partial charge is 0.342 e. The summed E-state index contributed by atoms with van der Waals surface area (Å²) < 4.78 is 0. The molecule has 1 heterocycles. The summed E-state index contributed by atoms with van der Waals surface area (Å²) in [6.45, 7) is 0. The summed E-state index contributed by atoms with van der Waals surface area (Å²) in [5.74, 6) is 0.573. The van der Waals surface area contributed by atoms with Crippen molar-refractivity contribution >= 4 is 18.4 Å². The van der Waals surface area contributed by atoms with Gasteiger partial charge in [0.2, 0.25) is 0 Å². The van der Waals surface area contributed by atoms with Crippen molar-refractivity contribution in [2.75, 3.05) is 5.75 Å². The van der Waals surface area contributed by atoms with Gasteiger partial charge in [0.05, 0.1) is 11.8 Å². The van der Waals surface area contributed by atoms with Gasteiger partial charge in [-0.1, -0.05) is 5.10 Å². The van der Waals surface area contributed by atoms with Crippen LogP contribution in [0.1, 0.15) is 5.69 Å². The first-order valence-electron chi connectivity index (χ1n) is 3.03. The van der Waals surface area contributed by atoms with E-state index in [9.17, 15) is 10.1 Å². The molecule has 0 saturated heterocycles. The number of nitrogens with one attached hydrogen (secondary N) is 1. The lowest BCUT2D eigenvalue weighted by atomic mass is 10.3. The molecule has 0 radical (unpaired) electrons. The second-order valence-corrected chi connectivity index (χ2v) is 2.42. The van der Waals surface area contributed by atoms with Gasteiger partial charge in [-0.05, 0) is 10.7 Å². The van der Waals surface area contributed by atoms with E-state index in [1.807, 2.05) is 0 Å². The summed E-state index contributed by atoms with van der Waals surface area (Å²) in [7, 11) is 0. The maximum atomic E-state index is 10.1. The first-order chi connectivity index (χ1) is 5.24. The van der Waals surface area contributed by atoms with Crippen LogP contribution in [-0.2, 0) is 6.42 Å². The molecule has 0 amide bonds. The predicted octanol–water partition coefficient (Wildman–Crippen LogP) is 0.790. The number of H-pyrrole nitrogens is 1. The van der Waals surface area contributed by atoms with Crippen LogP contribution in [-0.4, -0.2) is 20.9 Å². The second kappa shape index (κ2) is 3.38. The van der Waals surface area contributed by atoms with Gasteiger partial charge in [-0.15, -0.1) is 5.10 Å². The molecular formula is C5H7N3O2S. The third-order valence-electron chi connectivity index (χ3n) is 1.18. The van der Waals surface area contributed by atoms with Gasteiger partial charge in [0.15, 0.2) is 0 Å². The Morgan fingerprint density at radius 1 is 1.82 bits per heavy atom. The van der Waals surface area contributed by atoms with Crippen LogP contribution in [0, 0.1) is 10.1 Å². The summed E-state index contributed by atoms with van der Waals surface area (Å²) >= 11 is 3.97. The molecule has 1 N–H and O–H groups in total. The summed E-state index contributed by atoms with van der Waals surface area (Å²) in [5, 5.41) is 16.2. The Balaban J connectivity index is 2.73. The van der Waals surface area contributed by atoms with E-state index in [0.29, 0.717) is 17.9 Å². The number of rotatable bonds is 3. The molecule has 1 aromatic heterocycles. The van der Waals surface area contributed by atoms with Gasteiger partial charge in [0, 0.05) is 6.42 Å². The molecule has 0 aliphatic rings. The minimum absolute atomic E-state index is 0.0678. The molecule has 0 spiro atoms. The molecule has 60 valence electrons. The molecule has 0 fully saturated rings. The SMILES string of the molecule is O=[N+]([O-])c1cc(CCS)n[nH]1. The van der Waals surface area contributed by atoms with E-state index in [4.69, 9.17) is 0 Å². The van der Waals surface area contributed by atoms with E-state index in [0.717, 1.165) is 0 Å². The number of aryl methyl sites for hydroxylation is 1. The van der Waals surface area contributed by atoms with E-state index in [1.165, 1.54) is 6.07 Å². The third kappa shape index (κ3) is 1.94. The minimum atomic E-state index is -0.505. The molecule has 0 aliphatic carbocycles. The van der Waals surface area contributed by atoms with Gasteiger partial charge in [0.1, 0.15) is 0 Å². The zero-order chi connectivity index (χ0) is 8.27. The molecule has 5 nitrogen and oxygen atoms in total. The maximum Gasteiger partial charge on any atom is 0.342 e. The van der Waals surface area contributed by atoms with Gasteiger partial charge in [-0.3, -0.25) is 0 Å². The van der Waals surface area contributed by atoms with E-state index >= 15 is 0 Å².